The Bertz CT molecular complexity index is 1310. The molecule has 0 aliphatic heterocycles. The van der Waals surface area contributed by atoms with Gasteiger partial charge in [-0.25, -0.2) is 12.8 Å². The first-order valence-corrected chi connectivity index (χ1v) is 12.6. The molecule has 0 saturated carbocycles. The van der Waals surface area contributed by atoms with Crippen molar-refractivity contribution < 1.29 is 27.1 Å². The van der Waals surface area contributed by atoms with Crippen molar-refractivity contribution >= 4 is 33.2 Å². The summed E-state index contributed by atoms with van der Waals surface area (Å²) in [6.45, 7) is 3.79. The molecule has 0 atom stereocenters. The number of anilines is 2. The fourth-order valence-corrected chi connectivity index (χ4v) is 4.72. The number of hydrogen-bond acceptors (Lipinski definition) is 5. The van der Waals surface area contributed by atoms with Crippen molar-refractivity contribution in [3.8, 4) is 5.75 Å². The summed E-state index contributed by atoms with van der Waals surface area (Å²) < 4.78 is 46.3. The number of rotatable bonds is 10. The second-order valence-electron chi connectivity index (χ2n) is 8.36. The Balaban J connectivity index is 1.90. The largest absolute Gasteiger partial charge is 0.497 e. The molecule has 3 rings (SSSR count). The Morgan fingerprint density at radius 3 is 2.22 bits per heavy atom. The summed E-state index contributed by atoms with van der Waals surface area (Å²) in [5, 5.41) is 5.44. The number of amides is 2. The van der Waals surface area contributed by atoms with E-state index in [2.05, 4.69) is 10.6 Å². The van der Waals surface area contributed by atoms with Gasteiger partial charge in [-0.15, -0.1) is 0 Å². The first-order chi connectivity index (χ1) is 17.1. The van der Waals surface area contributed by atoms with E-state index in [0.29, 0.717) is 12.3 Å². The zero-order chi connectivity index (χ0) is 26.3. The number of carbonyl (C=O) groups is 2. The minimum atomic E-state index is -4.24. The second-order valence-corrected chi connectivity index (χ2v) is 10.2. The number of ether oxygens (including phenoxy) is 1. The lowest BCUT2D eigenvalue weighted by Crippen LogP contribution is -2.38. The van der Waals surface area contributed by atoms with Crippen LogP contribution in [-0.2, 0) is 14.8 Å². The Hall–Kier alpha value is -3.92. The molecule has 0 spiro atoms. The Morgan fingerprint density at radius 1 is 0.972 bits per heavy atom. The lowest BCUT2D eigenvalue weighted by molar-refractivity contribution is -0.114. The van der Waals surface area contributed by atoms with Gasteiger partial charge in [-0.3, -0.25) is 13.9 Å². The van der Waals surface area contributed by atoms with Crippen LogP contribution in [0.25, 0.3) is 0 Å². The molecule has 190 valence electrons. The fourth-order valence-electron chi connectivity index (χ4n) is 3.30. The first kappa shape index (κ1) is 26.7. The molecule has 0 aromatic heterocycles. The van der Waals surface area contributed by atoms with Gasteiger partial charge in [-0.1, -0.05) is 26.0 Å². The molecule has 0 unspecified atom stereocenters. The normalized spacial score (nSPS) is 11.1. The predicted molar refractivity (Wildman–Crippen MR) is 136 cm³/mol. The van der Waals surface area contributed by atoms with E-state index in [-0.39, 0.29) is 33.7 Å². The third-order valence-corrected chi connectivity index (χ3v) is 6.95. The number of benzene rings is 3. The number of methoxy groups -OCH3 is 1. The number of para-hydroxylation sites is 1. The second kappa shape index (κ2) is 11.7. The van der Waals surface area contributed by atoms with Crippen molar-refractivity contribution in [3.63, 3.8) is 0 Å². The summed E-state index contributed by atoms with van der Waals surface area (Å²) in [4.78, 5) is 25.5. The van der Waals surface area contributed by atoms with Gasteiger partial charge in [0.2, 0.25) is 5.91 Å². The van der Waals surface area contributed by atoms with Crippen LogP contribution in [0.4, 0.5) is 15.8 Å². The van der Waals surface area contributed by atoms with Gasteiger partial charge >= 0.3 is 0 Å². The van der Waals surface area contributed by atoms with Crippen LogP contribution in [0.15, 0.2) is 77.7 Å². The molecular weight excluding hydrogens is 485 g/mol. The Kier molecular flexibility index (Phi) is 8.65. The van der Waals surface area contributed by atoms with E-state index in [1.54, 1.807) is 36.4 Å². The molecule has 0 bridgehead atoms. The average Bonchev–Trinajstić information content (AvgIpc) is 2.86. The molecule has 2 amide bonds. The van der Waals surface area contributed by atoms with Crippen molar-refractivity contribution in [1.29, 1.82) is 0 Å². The minimum Gasteiger partial charge on any atom is -0.497 e. The molecule has 0 aliphatic carbocycles. The molecule has 0 aliphatic rings. The molecule has 0 fully saturated rings. The molecule has 0 saturated heterocycles. The van der Waals surface area contributed by atoms with Crippen molar-refractivity contribution in [3.05, 3.63) is 84.2 Å². The van der Waals surface area contributed by atoms with Gasteiger partial charge in [0.1, 0.15) is 18.1 Å². The molecule has 8 nitrogen and oxygen atoms in total. The van der Waals surface area contributed by atoms with Crippen LogP contribution >= 0.6 is 0 Å². The summed E-state index contributed by atoms with van der Waals surface area (Å²) >= 11 is 0. The van der Waals surface area contributed by atoms with Crippen molar-refractivity contribution in [1.82, 2.24) is 5.32 Å². The summed E-state index contributed by atoms with van der Waals surface area (Å²) in [7, 11) is -2.76. The molecule has 3 aromatic carbocycles. The van der Waals surface area contributed by atoms with E-state index in [9.17, 15) is 22.4 Å². The molecule has 2 N–H and O–H groups in total. The van der Waals surface area contributed by atoms with Crippen LogP contribution in [0.2, 0.25) is 0 Å². The molecule has 0 radical (unpaired) electrons. The van der Waals surface area contributed by atoms with Crippen LogP contribution < -0.4 is 19.7 Å². The van der Waals surface area contributed by atoms with Gasteiger partial charge in [-0.2, -0.15) is 0 Å². The van der Waals surface area contributed by atoms with Crippen LogP contribution in [0.3, 0.4) is 0 Å². The topological polar surface area (TPSA) is 105 Å². The van der Waals surface area contributed by atoms with E-state index in [4.69, 9.17) is 4.74 Å². The van der Waals surface area contributed by atoms with Gasteiger partial charge in [0.05, 0.1) is 28.9 Å². The Labute approximate surface area is 210 Å². The minimum absolute atomic E-state index is 0.180. The monoisotopic (exact) mass is 513 g/mol. The highest BCUT2D eigenvalue weighted by Crippen LogP contribution is 2.26. The highest BCUT2D eigenvalue weighted by atomic mass is 32.2. The molecule has 10 heteroatoms. The quantitative estimate of drug-likeness (QED) is 0.426. The highest BCUT2D eigenvalue weighted by molar-refractivity contribution is 7.92. The number of sulfonamides is 1. The number of nitrogens with zero attached hydrogens (tertiary/aromatic N) is 1. The van der Waals surface area contributed by atoms with E-state index in [1.807, 2.05) is 13.8 Å². The lowest BCUT2D eigenvalue weighted by Gasteiger charge is -2.24. The number of hydrogen-bond donors (Lipinski definition) is 2. The lowest BCUT2D eigenvalue weighted by atomic mass is 10.1. The first-order valence-electron chi connectivity index (χ1n) is 11.2. The molecular formula is C26H28FN3O5S. The van der Waals surface area contributed by atoms with Gasteiger partial charge in [0, 0.05) is 6.54 Å². The van der Waals surface area contributed by atoms with Crippen LogP contribution in [0.5, 0.6) is 5.75 Å². The summed E-state index contributed by atoms with van der Waals surface area (Å²) in [5.41, 5.74) is 0.708. The Morgan fingerprint density at radius 2 is 1.61 bits per heavy atom. The smallest absolute Gasteiger partial charge is 0.264 e. The van der Waals surface area contributed by atoms with Crippen molar-refractivity contribution in [2.24, 2.45) is 5.92 Å². The summed E-state index contributed by atoms with van der Waals surface area (Å²) in [5.74, 6) is -0.865. The maximum atomic E-state index is 13.4. The fraction of sp³-hybridized carbons (Fsp3) is 0.231. The van der Waals surface area contributed by atoms with Crippen LogP contribution in [0, 0.1) is 11.7 Å². The number of nitrogens with one attached hydrogen (secondary N) is 2. The van der Waals surface area contributed by atoms with Gasteiger partial charge in [0.15, 0.2) is 0 Å². The van der Waals surface area contributed by atoms with Crippen LogP contribution in [-0.4, -0.2) is 40.4 Å². The number of halogens is 1. The third-order valence-electron chi connectivity index (χ3n) is 5.17. The highest BCUT2D eigenvalue weighted by Gasteiger charge is 2.28. The standard InChI is InChI=1S/C26H28FN3O5S/c1-18(2)16-28-26(32)23-6-4-5-7-24(23)29-25(31)17-30(20-10-12-21(35-3)13-11-20)36(33,34)22-14-8-19(27)9-15-22/h4-15,18H,16-17H2,1-3H3,(H,28,32)(H,29,31). The average molecular weight is 514 g/mol. The molecule has 3 aromatic rings. The third kappa shape index (κ3) is 6.60. The van der Waals surface area contributed by atoms with E-state index >= 15 is 0 Å². The van der Waals surface area contributed by atoms with E-state index < -0.39 is 28.3 Å². The van der Waals surface area contributed by atoms with E-state index in [0.717, 1.165) is 28.6 Å². The van der Waals surface area contributed by atoms with Crippen molar-refractivity contribution in [2.45, 2.75) is 18.7 Å². The molecule has 0 heterocycles. The zero-order valence-corrected chi connectivity index (χ0v) is 21.0. The SMILES string of the molecule is COc1ccc(N(CC(=O)Nc2ccccc2C(=O)NCC(C)C)S(=O)(=O)c2ccc(F)cc2)cc1. The number of carbonyl (C=O) groups excluding carboxylic acids is 2. The van der Waals surface area contributed by atoms with Gasteiger partial charge < -0.3 is 15.4 Å². The predicted octanol–water partition coefficient (Wildman–Crippen LogP) is 4.05. The van der Waals surface area contributed by atoms with Crippen molar-refractivity contribution in [2.75, 3.05) is 29.8 Å². The van der Waals surface area contributed by atoms with Gasteiger partial charge in [0.25, 0.3) is 15.9 Å². The maximum absolute atomic E-state index is 13.4. The van der Waals surface area contributed by atoms with Crippen LogP contribution in [0.1, 0.15) is 24.2 Å². The summed E-state index contributed by atoms with van der Waals surface area (Å²) in [6.07, 6.45) is 0. The maximum Gasteiger partial charge on any atom is 0.264 e. The molecule has 36 heavy (non-hydrogen) atoms. The van der Waals surface area contributed by atoms with Gasteiger partial charge in [-0.05, 0) is 66.6 Å². The zero-order valence-electron chi connectivity index (χ0n) is 20.2. The summed E-state index contributed by atoms with van der Waals surface area (Å²) in [6, 6.07) is 16.9. The van der Waals surface area contributed by atoms with E-state index in [1.165, 1.54) is 19.2 Å².